The molecule has 1 aromatic heterocycles. The molecule has 0 amide bonds. The molecule has 3 nitrogen and oxygen atoms in total. The van der Waals surface area contributed by atoms with Crippen LogP contribution >= 0.6 is 23.1 Å². The van der Waals surface area contributed by atoms with Gasteiger partial charge in [0, 0.05) is 11.1 Å². The average Bonchev–Trinajstić information content (AvgIpc) is 2.39. The van der Waals surface area contributed by atoms with Crippen molar-refractivity contribution in [1.82, 2.24) is 4.98 Å². The van der Waals surface area contributed by atoms with E-state index in [4.69, 9.17) is 5.11 Å². The van der Waals surface area contributed by atoms with Crippen LogP contribution in [0.15, 0.2) is 5.38 Å². The topological polar surface area (TPSA) is 50.2 Å². The molecule has 0 aliphatic carbocycles. The van der Waals surface area contributed by atoms with Crippen LogP contribution in [-0.4, -0.2) is 21.8 Å². The summed E-state index contributed by atoms with van der Waals surface area (Å²) in [5, 5.41) is 10.2. The molecule has 0 saturated heterocycles. The van der Waals surface area contributed by atoms with E-state index in [0.717, 1.165) is 5.69 Å². The van der Waals surface area contributed by atoms with Crippen molar-refractivity contribution >= 4 is 29.1 Å². The molecule has 11 heavy (non-hydrogen) atoms. The van der Waals surface area contributed by atoms with Crippen LogP contribution in [0.1, 0.15) is 5.69 Å². The van der Waals surface area contributed by atoms with Crippen molar-refractivity contribution in [1.29, 1.82) is 0 Å². The van der Waals surface area contributed by atoms with Gasteiger partial charge in [0.1, 0.15) is 0 Å². The molecule has 59 valence electrons. The molecule has 0 spiro atoms. The van der Waals surface area contributed by atoms with E-state index in [1.807, 2.05) is 5.38 Å². The predicted octanol–water partition coefficient (Wildman–Crippen LogP) is 1.26. The maximum Gasteiger partial charge on any atom is 0.313 e. The molecular formula is C6H6NO2S2. The highest BCUT2D eigenvalue weighted by Gasteiger charge is 1.98. The molecule has 1 rings (SSSR count). The molecule has 1 N–H and O–H groups in total. The highest BCUT2D eigenvalue weighted by molar-refractivity contribution is 7.99. The van der Waals surface area contributed by atoms with Gasteiger partial charge in [-0.1, -0.05) is 0 Å². The lowest BCUT2D eigenvalue weighted by atomic mass is 10.6. The zero-order valence-corrected chi connectivity index (χ0v) is 7.24. The monoisotopic (exact) mass is 188 g/mol. The molecule has 1 aromatic rings. The van der Waals surface area contributed by atoms with Crippen LogP contribution in [0.2, 0.25) is 0 Å². The summed E-state index contributed by atoms with van der Waals surface area (Å²) in [6, 6.07) is 0. The molecule has 0 bridgehead atoms. The van der Waals surface area contributed by atoms with Crippen molar-refractivity contribution in [3.63, 3.8) is 0 Å². The van der Waals surface area contributed by atoms with Crippen LogP contribution in [-0.2, 0) is 10.5 Å². The Bertz CT molecular complexity index is 222. The molecule has 0 aromatic carbocycles. The molecule has 0 saturated carbocycles. The fourth-order valence-corrected chi connectivity index (χ4v) is 1.75. The summed E-state index contributed by atoms with van der Waals surface area (Å²) >= 11 is 2.75. The number of carboxylic acid groups (broad SMARTS) is 1. The lowest BCUT2D eigenvalue weighted by Gasteiger charge is -1.92. The van der Waals surface area contributed by atoms with Gasteiger partial charge in [0.2, 0.25) is 0 Å². The van der Waals surface area contributed by atoms with Gasteiger partial charge >= 0.3 is 5.97 Å². The number of aromatic nitrogens is 1. The number of thioether (sulfide) groups is 1. The minimum absolute atomic E-state index is 0.136. The number of aliphatic carboxylic acids is 1. The number of nitrogens with zero attached hydrogens (tertiary/aromatic N) is 1. The van der Waals surface area contributed by atoms with Gasteiger partial charge in [-0.25, -0.2) is 4.98 Å². The molecule has 1 radical (unpaired) electrons. The van der Waals surface area contributed by atoms with Crippen LogP contribution in [0.4, 0.5) is 0 Å². The van der Waals surface area contributed by atoms with Crippen molar-refractivity contribution in [3.8, 4) is 0 Å². The number of hydrogen-bond donors (Lipinski definition) is 1. The van der Waals surface area contributed by atoms with Crippen molar-refractivity contribution < 1.29 is 9.90 Å². The van der Waals surface area contributed by atoms with Gasteiger partial charge in [-0.05, 0) is 0 Å². The van der Waals surface area contributed by atoms with Crippen LogP contribution in [0, 0.1) is 5.51 Å². The first-order valence-corrected chi connectivity index (χ1v) is 4.92. The van der Waals surface area contributed by atoms with Gasteiger partial charge in [0.15, 0.2) is 5.51 Å². The van der Waals surface area contributed by atoms with Gasteiger partial charge in [-0.3, -0.25) is 4.79 Å². The van der Waals surface area contributed by atoms with E-state index in [-0.39, 0.29) is 5.75 Å². The summed E-state index contributed by atoms with van der Waals surface area (Å²) in [4.78, 5) is 14.0. The lowest BCUT2D eigenvalue weighted by molar-refractivity contribution is -0.133. The number of carboxylic acids is 1. The van der Waals surface area contributed by atoms with Crippen LogP contribution in [0.3, 0.4) is 0 Å². The van der Waals surface area contributed by atoms with Crippen LogP contribution in [0.5, 0.6) is 0 Å². The molecular weight excluding hydrogens is 182 g/mol. The number of rotatable bonds is 4. The molecule has 0 aliphatic heterocycles. The Morgan fingerprint density at radius 2 is 2.73 bits per heavy atom. The first-order valence-electron chi connectivity index (χ1n) is 2.89. The van der Waals surface area contributed by atoms with E-state index in [1.54, 1.807) is 0 Å². The average molecular weight is 188 g/mol. The highest BCUT2D eigenvalue weighted by Crippen LogP contribution is 2.10. The summed E-state index contributed by atoms with van der Waals surface area (Å²) in [5.74, 6) is 0.0123. The van der Waals surface area contributed by atoms with Crippen molar-refractivity contribution in [2.24, 2.45) is 0 Å². The van der Waals surface area contributed by atoms with Crippen molar-refractivity contribution in [2.45, 2.75) is 5.75 Å². The fraction of sp³-hybridized carbons (Fsp3) is 0.333. The second-order valence-corrected chi connectivity index (χ2v) is 3.46. The molecule has 0 fully saturated rings. The predicted molar refractivity (Wildman–Crippen MR) is 44.7 cm³/mol. The van der Waals surface area contributed by atoms with Crippen molar-refractivity contribution in [3.05, 3.63) is 16.6 Å². The minimum atomic E-state index is -0.783. The van der Waals surface area contributed by atoms with E-state index in [2.05, 4.69) is 10.5 Å². The Kier molecular flexibility index (Phi) is 3.38. The van der Waals surface area contributed by atoms with E-state index >= 15 is 0 Å². The van der Waals surface area contributed by atoms with Gasteiger partial charge in [0.25, 0.3) is 0 Å². The Morgan fingerprint density at radius 1 is 1.91 bits per heavy atom. The maximum absolute atomic E-state index is 10.1. The molecule has 5 heteroatoms. The standard InChI is InChI=1S/C6H6NO2S2/c8-6(9)3-10-1-5-2-11-4-7-5/h2H,1,3H2,(H,8,9). The summed E-state index contributed by atoms with van der Waals surface area (Å²) in [6.45, 7) is 0. The fourth-order valence-electron chi connectivity index (χ4n) is 0.515. The number of carbonyl (C=O) groups is 1. The maximum atomic E-state index is 10.1. The molecule has 0 aliphatic rings. The second kappa shape index (κ2) is 4.35. The quantitative estimate of drug-likeness (QED) is 0.772. The van der Waals surface area contributed by atoms with Gasteiger partial charge in [-0.2, -0.15) is 0 Å². The summed E-state index contributed by atoms with van der Waals surface area (Å²) in [7, 11) is 0. The van der Waals surface area contributed by atoms with E-state index < -0.39 is 5.97 Å². The Labute approximate surface area is 72.5 Å². The summed E-state index contributed by atoms with van der Waals surface area (Å²) in [5.41, 5.74) is 3.60. The smallest absolute Gasteiger partial charge is 0.313 e. The zero-order chi connectivity index (χ0) is 8.10. The minimum Gasteiger partial charge on any atom is -0.481 e. The van der Waals surface area contributed by atoms with Gasteiger partial charge in [0.05, 0.1) is 11.4 Å². The Hall–Kier alpha value is -0.550. The highest BCUT2D eigenvalue weighted by atomic mass is 32.2. The third-order valence-corrected chi connectivity index (χ3v) is 2.45. The van der Waals surface area contributed by atoms with E-state index in [0.29, 0.717) is 5.75 Å². The Morgan fingerprint density at radius 3 is 3.27 bits per heavy atom. The first kappa shape index (κ1) is 8.55. The van der Waals surface area contributed by atoms with Gasteiger partial charge < -0.3 is 5.11 Å². The summed E-state index contributed by atoms with van der Waals surface area (Å²) < 4.78 is 0. The largest absolute Gasteiger partial charge is 0.481 e. The van der Waals surface area contributed by atoms with Crippen LogP contribution < -0.4 is 0 Å². The first-order chi connectivity index (χ1) is 5.29. The molecule has 0 atom stereocenters. The third-order valence-electron chi connectivity index (χ3n) is 0.912. The normalized spacial score (nSPS) is 9.82. The lowest BCUT2D eigenvalue weighted by Crippen LogP contribution is -1.98. The number of hydrogen-bond acceptors (Lipinski definition) is 4. The summed E-state index contributed by atoms with van der Waals surface area (Å²) in [6.07, 6.45) is 0. The Balaban J connectivity index is 2.19. The van der Waals surface area contributed by atoms with E-state index in [1.165, 1.54) is 23.1 Å². The van der Waals surface area contributed by atoms with Crippen LogP contribution in [0.25, 0.3) is 0 Å². The number of thiazole rings is 1. The molecule has 1 heterocycles. The zero-order valence-electron chi connectivity index (χ0n) is 5.61. The SMILES string of the molecule is O=C(O)CSCc1cs[c]n1. The van der Waals surface area contributed by atoms with Crippen molar-refractivity contribution in [2.75, 3.05) is 5.75 Å². The van der Waals surface area contributed by atoms with Gasteiger partial charge in [-0.15, -0.1) is 23.1 Å². The third kappa shape index (κ3) is 3.38. The second-order valence-electron chi connectivity index (χ2n) is 1.82. The molecule has 0 unspecified atom stereocenters. The van der Waals surface area contributed by atoms with E-state index in [9.17, 15) is 4.79 Å².